The Morgan fingerprint density at radius 2 is 2.25 bits per heavy atom. The van der Waals surface area contributed by atoms with Gasteiger partial charge >= 0.3 is 7.05 Å². The molecule has 0 saturated carbocycles. The van der Waals surface area contributed by atoms with Crippen molar-refractivity contribution in [1.29, 1.82) is 0 Å². The van der Waals surface area contributed by atoms with Crippen LogP contribution in [0.3, 0.4) is 0 Å². The summed E-state index contributed by atoms with van der Waals surface area (Å²) in [5.74, 6) is 0. The predicted molar refractivity (Wildman–Crippen MR) is 53.0 cm³/mol. The van der Waals surface area contributed by atoms with Gasteiger partial charge in [-0.15, -0.1) is 6.58 Å². The second-order valence-corrected chi connectivity index (χ2v) is 3.52. The molecule has 0 aliphatic carbocycles. The van der Waals surface area contributed by atoms with Gasteiger partial charge in [-0.1, -0.05) is 18.9 Å². The summed E-state index contributed by atoms with van der Waals surface area (Å²) in [6.07, 6.45) is 6.86. The highest BCUT2D eigenvalue weighted by molar-refractivity contribution is 6.45. The summed E-state index contributed by atoms with van der Waals surface area (Å²) in [5, 5.41) is 9.48. The van der Waals surface area contributed by atoms with E-state index in [1.54, 1.807) is 0 Å². The van der Waals surface area contributed by atoms with E-state index in [0.717, 1.165) is 13.0 Å². The minimum atomic E-state index is -0.328. The van der Waals surface area contributed by atoms with Crippen molar-refractivity contribution in [3.8, 4) is 0 Å². The first kappa shape index (κ1) is 9.81. The van der Waals surface area contributed by atoms with Gasteiger partial charge in [0.1, 0.15) is 0 Å². The molecule has 1 atom stereocenters. The summed E-state index contributed by atoms with van der Waals surface area (Å²) in [6, 6.07) is 0.382. The molecule has 12 heavy (non-hydrogen) atoms. The fourth-order valence-electron chi connectivity index (χ4n) is 1.87. The zero-order valence-corrected chi connectivity index (χ0v) is 7.87. The average Bonchev–Trinajstić information content (AvgIpc) is 2.27. The second kappa shape index (κ2) is 4.68. The lowest BCUT2D eigenvalue weighted by Crippen LogP contribution is -2.43. The Morgan fingerprint density at radius 1 is 1.50 bits per heavy atom. The van der Waals surface area contributed by atoms with Gasteiger partial charge in [0.2, 0.25) is 0 Å². The van der Waals surface area contributed by atoms with E-state index < -0.39 is 0 Å². The molecule has 1 unspecified atom stereocenters. The van der Waals surface area contributed by atoms with E-state index in [1.165, 1.54) is 19.3 Å². The van der Waals surface area contributed by atoms with E-state index in [2.05, 4.69) is 11.4 Å². The Kier molecular flexibility index (Phi) is 3.82. The van der Waals surface area contributed by atoms with Crippen molar-refractivity contribution >= 4 is 7.05 Å². The van der Waals surface area contributed by atoms with Gasteiger partial charge in [0.15, 0.2) is 0 Å². The first-order chi connectivity index (χ1) is 5.75. The molecule has 0 spiro atoms. The fraction of sp³-hybridized carbons (Fsp3) is 0.778. The SMILES string of the molecule is C=CC1CCCCCN1B(C)O. The first-order valence-electron chi connectivity index (χ1n) is 4.82. The molecule has 0 bridgehead atoms. The van der Waals surface area contributed by atoms with Crippen molar-refractivity contribution < 1.29 is 5.02 Å². The molecule has 1 N–H and O–H groups in total. The molecule has 0 radical (unpaired) electrons. The van der Waals surface area contributed by atoms with Gasteiger partial charge in [0.05, 0.1) is 0 Å². The maximum absolute atomic E-state index is 9.48. The Bertz CT molecular complexity index is 149. The lowest BCUT2D eigenvalue weighted by molar-refractivity contribution is 0.326. The van der Waals surface area contributed by atoms with Gasteiger partial charge < -0.3 is 9.83 Å². The van der Waals surface area contributed by atoms with Gasteiger partial charge in [-0.25, -0.2) is 0 Å². The molecule has 0 amide bonds. The number of rotatable bonds is 2. The highest BCUT2D eigenvalue weighted by atomic mass is 16.2. The summed E-state index contributed by atoms with van der Waals surface area (Å²) < 4.78 is 0. The summed E-state index contributed by atoms with van der Waals surface area (Å²) in [4.78, 5) is 2.12. The van der Waals surface area contributed by atoms with Crippen LogP contribution in [0.2, 0.25) is 6.82 Å². The smallest absolute Gasteiger partial charge is 0.376 e. The second-order valence-electron chi connectivity index (χ2n) is 3.52. The summed E-state index contributed by atoms with van der Waals surface area (Å²) in [6.45, 7) is 6.65. The lowest BCUT2D eigenvalue weighted by Gasteiger charge is -2.28. The topological polar surface area (TPSA) is 23.5 Å². The molecule has 1 aliphatic heterocycles. The van der Waals surface area contributed by atoms with Crippen LogP contribution in [0, 0.1) is 0 Å². The quantitative estimate of drug-likeness (QED) is 0.498. The standard InChI is InChI=1S/C9H18BNO/c1-3-9-7-5-4-6-8-11(9)10(2)12/h3,9,12H,1,4-8H2,2H3. The monoisotopic (exact) mass is 167 g/mol. The van der Waals surface area contributed by atoms with Gasteiger partial charge in [0, 0.05) is 6.04 Å². The largest absolute Gasteiger partial charge is 0.437 e. The van der Waals surface area contributed by atoms with Crippen molar-refractivity contribution in [1.82, 2.24) is 4.81 Å². The van der Waals surface area contributed by atoms with Crippen LogP contribution in [0.25, 0.3) is 0 Å². The Labute approximate surface area is 75.4 Å². The molecular formula is C9H18BNO. The number of hydrogen-bond donors (Lipinski definition) is 1. The van der Waals surface area contributed by atoms with Crippen LogP contribution in [0.15, 0.2) is 12.7 Å². The summed E-state index contributed by atoms with van der Waals surface area (Å²) in [5.41, 5.74) is 0. The van der Waals surface area contributed by atoms with E-state index >= 15 is 0 Å². The van der Waals surface area contributed by atoms with Crippen molar-refractivity contribution in [2.75, 3.05) is 6.54 Å². The molecule has 0 aromatic heterocycles. The highest BCUT2D eigenvalue weighted by Crippen LogP contribution is 2.17. The molecule has 1 aliphatic rings. The van der Waals surface area contributed by atoms with Gasteiger partial charge in [-0.3, -0.25) is 0 Å². The van der Waals surface area contributed by atoms with Crippen LogP contribution in [0.5, 0.6) is 0 Å². The molecule has 1 saturated heterocycles. The minimum absolute atomic E-state index is 0.328. The van der Waals surface area contributed by atoms with E-state index in [-0.39, 0.29) is 7.05 Å². The van der Waals surface area contributed by atoms with Gasteiger partial charge in [-0.05, 0) is 26.2 Å². The van der Waals surface area contributed by atoms with E-state index in [0.29, 0.717) is 6.04 Å². The zero-order chi connectivity index (χ0) is 8.97. The van der Waals surface area contributed by atoms with Crippen LogP contribution < -0.4 is 0 Å². The summed E-state index contributed by atoms with van der Waals surface area (Å²) in [7, 11) is -0.328. The normalized spacial score (nSPS) is 26.3. The Hall–Kier alpha value is -0.275. The molecule has 1 heterocycles. The van der Waals surface area contributed by atoms with Crippen LogP contribution >= 0.6 is 0 Å². The Balaban J connectivity index is 2.57. The van der Waals surface area contributed by atoms with Crippen LogP contribution in [0.1, 0.15) is 25.7 Å². The van der Waals surface area contributed by atoms with Crippen LogP contribution in [-0.2, 0) is 0 Å². The maximum atomic E-state index is 9.48. The van der Waals surface area contributed by atoms with Crippen molar-refractivity contribution in [3.05, 3.63) is 12.7 Å². The summed E-state index contributed by atoms with van der Waals surface area (Å²) >= 11 is 0. The maximum Gasteiger partial charge on any atom is 0.376 e. The van der Waals surface area contributed by atoms with Gasteiger partial charge in [0.25, 0.3) is 0 Å². The third-order valence-corrected chi connectivity index (χ3v) is 2.59. The van der Waals surface area contributed by atoms with E-state index in [9.17, 15) is 5.02 Å². The lowest BCUT2D eigenvalue weighted by atomic mass is 9.82. The first-order valence-corrected chi connectivity index (χ1v) is 4.82. The van der Waals surface area contributed by atoms with Crippen LogP contribution in [-0.4, -0.2) is 29.5 Å². The van der Waals surface area contributed by atoms with Crippen LogP contribution in [0.4, 0.5) is 0 Å². The molecule has 0 aromatic carbocycles. The molecule has 0 aromatic rings. The van der Waals surface area contributed by atoms with Crippen molar-refractivity contribution in [2.45, 2.75) is 38.5 Å². The third kappa shape index (κ3) is 2.36. The molecule has 1 fully saturated rings. The number of nitrogens with zero attached hydrogens (tertiary/aromatic N) is 1. The van der Waals surface area contributed by atoms with Crippen molar-refractivity contribution in [2.24, 2.45) is 0 Å². The molecule has 68 valence electrons. The van der Waals surface area contributed by atoms with E-state index in [1.807, 2.05) is 12.9 Å². The predicted octanol–water partition coefficient (Wildman–Crippen LogP) is 1.53. The molecular weight excluding hydrogens is 149 g/mol. The average molecular weight is 167 g/mol. The fourth-order valence-corrected chi connectivity index (χ4v) is 1.87. The van der Waals surface area contributed by atoms with Gasteiger partial charge in [-0.2, -0.15) is 0 Å². The molecule has 1 rings (SSSR count). The van der Waals surface area contributed by atoms with Crippen molar-refractivity contribution in [3.63, 3.8) is 0 Å². The number of hydrogen-bond acceptors (Lipinski definition) is 2. The molecule has 3 heteroatoms. The highest BCUT2D eigenvalue weighted by Gasteiger charge is 2.24. The third-order valence-electron chi connectivity index (χ3n) is 2.59. The zero-order valence-electron chi connectivity index (χ0n) is 7.87. The van der Waals surface area contributed by atoms with E-state index in [4.69, 9.17) is 0 Å². The minimum Gasteiger partial charge on any atom is -0.437 e. The molecule has 2 nitrogen and oxygen atoms in total. The Morgan fingerprint density at radius 3 is 2.83 bits per heavy atom.